The lowest BCUT2D eigenvalue weighted by Gasteiger charge is -2.43. The molecule has 0 bridgehead atoms. The van der Waals surface area contributed by atoms with Gasteiger partial charge in [0.2, 0.25) is 16.4 Å². The van der Waals surface area contributed by atoms with Gasteiger partial charge < -0.3 is 9.47 Å². The van der Waals surface area contributed by atoms with E-state index < -0.39 is 27.0 Å². The number of piperidine rings is 1. The van der Waals surface area contributed by atoms with E-state index in [0.717, 1.165) is 32.0 Å². The van der Waals surface area contributed by atoms with Crippen LogP contribution in [-0.2, 0) is 14.8 Å². The SMILES string of the molecule is NS(=O)(=O)c1ccc(OCC2CCN(C3COC3F)CC2)c([N+](=O)[O-])c1. The number of alkyl halides is 1. The predicted molar refractivity (Wildman–Crippen MR) is 88.9 cm³/mol. The van der Waals surface area contributed by atoms with Crippen LogP contribution in [0, 0.1) is 16.0 Å². The molecule has 2 heterocycles. The average molecular weight is 389 g/mol. The molecular formula is C15H20FN3O6S. The summed E-state index contributed by atoms with van der Waals surface area (Å²) in [6, 6.07) is 3.14. The molecule has 2 N–H and O–H groups in total. The minimum atomic E-state index is -4.03. The number of hydrogen-bond acceptors (Lipinski definition) is 7. The van der Waals surface area contributed by atoms with Crippen LogP contribution in [0.4, 0.5) is 10.1 Å². The maximum atomic E-state index is 13.3. The number of sulfonamides is 1. The fraction of sp³-hybridized carbons (Fsp3) is 0.600. The van der Waals surface area contributed by atoms with Gasteiger partial charge in [0.15, 0.2) is 5.75 Å². The monoisotopic (exact) mass is 389 g/mol. The lowest BCUT2D eigenvalue weighted by molar-refractivity contribution is -0.386. The second-order valence-corrected chi connectivity index (χ2v) is 8.04. The van der Waals surface area contributed by atoms with E-state index in [1.54, 1.807) is 0 Å². The molecule has 2 unspecified atom stereocenters. The maximum Gasteiger partial charge on any atom is 0.312 e. The molecule has 0 aromatic heterocycles. The van der Waals surface area contributed by atoms with Crippen molar-refractivity contribution in [3.8, 4) is 5.75 Å². The summed E-state index contributed by atoms with van der Waals surface area (Å²) in [7, 11) is -4.03. The Hall–Kier alpha value is -1.82. The van der Waals surface area contributed by atoms with Gasteiger partial charge in [0, 0.05) is 6.07 Å². The highest BCUT2D eigenvalue weighted by molar-refractivity contribution is 7.89. The third kappa shape index (κ3) is 4.11. The molecule has 0 spiro atoms. The van der Waals surface area contributed by atoms with Gasteiger partial charge in [0.1, 0.15) is 0 Å². The Morgan fingerprint density at radius 1 is 1.38 bits per heavy atom. The highest BCUT2D eigenvalue weighted by atomic mass is 32.2. The zero-order valence-corrected chi connectivity index (χ0v) is 14.7. The summed E-state index contributed by atoms with van der Waals surface area (Å²) in [5.74, 6) is 0.184. The highest BCUT2D eigenvalue weighted by Gasteiger charge is 2.38. The molecule has 2 saturated heterocycles. The minimum Gasteiger partial charge on any atom is -0.487 e. The zero-order valence-electron chi connectivity index (χ0n) is 13.9. The van der Waals surface area contributed by atoms with Crippen LogP contribution in [0.3, 0.4) is 0 Å². The number of nitrogens with zero attached hydrogens (tertiary/aromatic N) is 2. The molecule has 26 heavy (non-hydrogen) atoms. The fourth-order valence-electron chi connectivity index (χ4n) is 3.12. The number of nitro benzene ring substituents is 1. The van der Waals surface area contributed by atoms with Crippen LogP contribution in [0.15, 0.2) is 23.1 Å². The van der Waals surface area contributed by atoms with Crippen molar-refractivity contribution in [3.63, 3.8) is 0 Å². The first-order chi connectivity index (χ1) is 12.3. The van der Waals surface area contributed by atoms with Crippen LogP contribution >= 0.6 is 0 Å². The molecule has 1 aromatic carbocycles. The third-order valence-electron chi connectivity index (χ3n) is 4.78. The Labute approximate surface area is 150 Å². The number of likely N-dealkylation sites (tertiary alicyclic amines) is 1. The molecule has 0 amide bonds. The van der Waals surface area contributed by atoms with E-state index in [2.05, 4.69) is 0 Å². The Bertz CT molecular complexity index is 782. The van der Waals surface area contributed by atoms with E-state index in [9.17, 15) is 22.9 Å². The molecule has 11 heteroatoms. The Morgan fingerprint density at radius 3 is 2.58 bits per heavy atom. The number of nitro groups is 1. The third-order valence-corrected chi connectivity index (χ3v) is 5.69. The van der Waals surface area contributed by atoms with Gasteiger partial charge in [-0.25, -0.2) is 17.9 Å². The van der Waals surface area contributed by atoms with Gasteiger partial charge in [0.05, 0.1) is 29.1 Å². The summed E-state index contributed by atoms with van der Waals surface area (Å²) in [4.78, 5) is 12.2. The Kier molecular flexibility index (Phi) is 5.42. The van der Waals surface area contributed by atoms with Crippen molar-refractivity contribution < 1.29 is 27.2 Å². The van der Waals surface area contributed by atoms with E-state index in [-0.39, 0.29) is 29.2 Å². The number of benzene rings is 1. The van der Waals surface area contributed by atoms with Crippen molar-refractivity contribution >= 4 is 15.7 Å². The van der Waals surface area contributed by atoms with Gasteiger partial charge in [0.25, 0.3) is 0 Å². The quantitative estimate of drug-likeness (QED) is 0.569. The average Bonchev–Trinajstić information content (AvgIpc) is 2.58. The first kappa shape index (κ1) is 19.0. The fourth-order valence-corrected chi connectivity index (χ4v) is 3.66. The first-order valence-corrected chi connectivity index (χ1v) is 9.74. The number of nitrogens with two attached hydrogens (primary N) is 1. The lowest BCUT2D eigenvalue weighted by Crippen LogP contribution is -2.56. The van der Waals surface area contributed by atoms with E-state index >= 15 is 0 Å². The van der Waals surface area contributed by atoms with Crippen molar-refractivity contribution in [2.24, 2.45) is 11.1 Å². The van der Waals surface area contributed by atoms with Crippen LogP contribution in [-0.4, -0.2) is 56.9 Å². The molecule has 3 rings (SSSR count). The normalized spacial score (nSPS) is 24.8. The molecule has 0 aliphatic carbocycles. The molecule has 2 atom stereocenters. The maximum absolute atomic E-state index is 13.3. The molecule has 2 fully saturated rings. The van der Waals surface area contributed by atoms with Crippen molar-refractivity contribution in [2.45, 2.75) is 30.1 Å². The molecule has 0 saturated carbocycles. The Morgan fingerprint density at radius 2 is 2.08 bits per heavy atom. The standard InChI is InChI=1S/C15H20FN3O6S/c16-15-13(9-25-15)18-5-3-10(4-6-18)8-24-14-2-1-11(26(17,22)23)7-12(14)19(20)21/h1-2,7,10,13,15H,3-6,8-9H2,(H2,17,22,23). The van der Waals surface area contributed by atoms with Gasteiger partial charge in [-0.2, -0.15) is 0 Å². The number of hydrogen-bond donors (Lipinski definition) is 1. The van der Waals surface area contributed by atoms with E-state index in [1.807, 2.05) is 4.90 Å². The van der Waals surface area contributed by atoms with Crippen molar-refractivity contribution in [1.82, 2.24) is 4.90 Å². The first-order valence-electron chi connectivity index (χ1n) is 8.19. The number of rotatable bonds is 6. The Balaban J connectivity index is 1.59. The van der Waals surface area contributed by atoms with Crippen molar-refractivity contribution in [3.05, 3.63) is 28.3 Å². The summed E-state index contributed by atoms with van der Waals surface area (Å²) in [6.07, 6.45) is 0.348. The van der Waals surface area contributed by atoms with Gasteiger partial charge >= 0.3 is 5.69 Å². The molecule has 0 radical (unpaired) electrons. The largest absolute Gasteiger partial charge is 0.487 e. The van der Waals surface area contributed by atoms with Crippen LogP contribution in [0.25, 0.3) is 0 Å². The van der Waals surface area contributed by atoms with Gasteiger partial charge in [-0.05, 0) is 44.0 Å². The van der Waals surface area contributed by atoms with E-state index in [4.69, 9.17) is 14.6 Å². The van der Waals surface area contributed by atoms with Crippen LogP contribution in [0.2, 0.25) is 0 Å². The van der Waals surface area contributed by atoms with Crippen LogP contribution in [0.5, 0.6) is 5.75 Å². The smallest absolute Gasteiger partial charge is 0.312 e. The summed E-state index contributed by atoms with van der Waals surface area (Å²) < 4.78 is 46.3. The van der Waals surface area contributed by atoms with Gasteiger partial charge in [-0.3, -0.25) is 15.0 Å². The molecule has 2 aliphatic heterocycles. The lowest BCUT2D eigenvalue weighted by atomic mass is 9.96. The van der Waals surface area contributed by atoms with Crippen LogP contribution < -0.4 is 9.88 Å². The molecule has 1 aromatic rings. The van der Waals surface area contributed by atoms with Crippen LogP contribution in [0.1, 0.15) is 12.8 Å². The number of primary sulfonamides is 1. The topological polar surface area (TPSA) is 125 Å². The van der Waals surface area contributed by atoms with E-state index in [1.165, 1.54) is 12.1 Å². The predicted octanol–water partition coefficient (Wildman–Crippen LogP) is 1.03. The zero-order chi connectivity index (χ0) is 18.9. The van der Waals surface area contributed by atoms with E-state index in [0.29, 0.717) is 6.61 Å². The second-order valence-electron chi connectivity index (χ2n) is 6.47. The summed E-state index contributed by atoms with van der Waals surface area (Å²) in [5, 5.41) is 16.2. The molecule has 9 nitrogen and oxygen atoms in total. The molecule has 144 valence electrons. The minimum absolute atomic E-state index is 0.000967. The highest BCUT2D eigenvalue weighted by Crippen LogP contribution is 2.31. The molecular weight excluding hydrogens is 369 g/mol. The van der Waals surface area contributed by atoms with Crippen molar-refractivity contribution in [1.29, 1.82) is 0 Å². The van der Waals surface area contributed by atoms with Crippen molar-refractivity contribution in [2.75, 3.05) is 26.3 Å². The molecule has 2 aliphatic rings. The summed E-state index contributed by atoms with van der Waals surface area (Å²) >= 11 is 0. The second kappa shape index (κ2) is 7.43. The number of halogens is 1. The summed E-state index contributed by atoms with van der Waals surface area (Å²) in [5.41, 5.74) is -0.444. The van der Waals surface area contributed by atoms with Gasteiger partial charge in [-0.1, -0.05) is 0 Å². The summed E-state index contributed by atoms with van der Waals surface area (Å²) in [6.45, 7) is 2.11. The van der Waals surface area contributed by atoms with Gasteiger partial charge in [-0.15, -0.1) is 0 Å². The number of ether oxygens (including phenoxy) is 2.